The highest BCUT2D eigenvalue weighted by molar-refractivity contribution is 5.73. The topological polar surface area (TPSA) is 49.8 Å². The first-order valence-corrected chi connectivity index (χ1v) is 12.9. The molecule has 0 bridgehead atoms. The van der Waals surface area contributed by atoms with Crippen LogP contribution in [0.2, 0.25) is 0 Å². The van der Waals surface area contributed by atoms with Crippen LogP contribution in [0.3, 0.4) is 0 Å². The van der Waals surface area contributed by atoms with E-state index in [0.29, 0.717) is 44.5 Å². The molecule has 39 heavy (non-hydrogen) atoms. The molecule has 0 unspecified atom stereocenters. The molecule has 1 N–H and O–H groups in total. The van der Waals surface area contributed by atoms with Gasteiger partial charge in [0.2, 0.25) is 0 Å². The van der Waals surface area contributed by atoms with Crippen molar-refractivity contribution in [2.45, 2.75) is 75.5 Å². The van der Waals surface area contributed by atoms with Crippen molar-refractivity contribution in [2.24, 2.45) is 5.92 Å². The first kappa shape index (κ1) is 29.3. The monoisotopic (exact) mass is 561 g/mol. The summed E-state index contributed by atoms with van der Waals surface area (Å²) in [6.07, 6.45) is -8.36. The lowest BCUT2D eigenvalue weighted by molar-refractivity contribution is -0.145. The van der Waals surface area contributed by atoms with Gasteiger partial charge in [-0.05, 0) is 86.5 Å². The fraction of sp³-hybridized carbons (Fsp3) is 0.536. The zero-order valence-electron chi connectivity index (χ0n) is 21.2. The summed E-state index contributed by atoms with van der Waals surface area (Å²) in [6, 6.07) is 6.56. The van der Waals surface area contributed by atoms with Crippen molar-refractivity contribution >= 4 is 5.97 Å². The zero-order valence-corrected chi connectivity index (χ0v) is 21.2. The van der Waals surface area contributed by atoms with Gasteiger partial charge in [0.05, 0.1) is 23.3 Å². The quantitative estimate of drug-likeness (QED) is 0.357. The molecule has 0 aromatic heterocycles. The second-order valence-corrected chi connectivity index (χ2v) is 10.4. The number of likely N-dealkylation sites (tertiary alicyclic amines) is 1. The fourth-order valence-corrected chi connectivity index (χ4v) is 5.92. The van der Waals surface area contributed by atoms with Gasteiger partial charge in [-0.25, -0.2) is 4.39 Å². The maximum atomic E-state index is 13.7. The van der Waals surface area contributed by atoms with E-state index in [4.69, 9.17) is 4.74 Å². The third-order valence-corrected chi connectivity index (χ3v) is 7.81. The molecule has 2 aromatic rings. The highest BCUT2D eigenvalue weighted by Crippen LogP contribution is 2.45. The summed E-state index contributed by atoms with van der Waals surface area (Å²) >= 11 is 0. The lowest BCUT2D eigenvalue weighted by Gasteiger charge is -2.37. The van der Waals surface area contributed by atoms with Crippen LogP contribution >= 0.6 is 0 Å². The minimum atomic E-state index is -4.97. The molecule has 0 radical (unpaired) electrons. The number of benzene rings is 2. The molecule has 5 atom stereocenters. The minimum Gasteiger partial charge on any atom is -0.480 e. The summed E-state index contributed by atoms with van der Waals surface area (Å²) in [7, 11) is 0. The molecule has 1 heterocycles. The number of carbonyl (C=O) groups is 1. The summed E-state index contributed by atoms with van der Waals surface area (Å²) < 4.78 is 100. The summed E-state index contributed by atoms with van der Waals surface area (Å²) in [5.41, 5.74) is -2.35. The Morgan fingerprint density at radius 2 is 1.59 bits per heavy atom. The smallest absolute Gasteiger partial charge is 0.416 e. The average molecular weight is 562 g/mol. The van der Waals surface area contributed by atoms with E-state index >= 15 is 0 Å². The van der Waals surface area contributed by atoms with Crippen LogP contribution in [0, 0.1) is 11.7 Å². The molecule has 1 saturated heterocycles. The number of rotatable bonds is 7. The van der Waals surface area contributed by atoms with Crippen LogP contribution < -0.4 is 0 Å². The minimum absolute atomic E-state index is 0.0840. The maximum absolute atomic E-state index is 13.7. The van der Waals surface area contributed by atoms with Crippen molar-refractivity contribution in [1.82, 2.24) is 4.90 Å². The molecule has 1 aliphatic carbocycles. The highest BCUT2D eigenvalue weighted by atomic mass is 19.4. The van der Waals surface area contributed by atoms with Gasteiger partial charge in [0.1, 0.15) is 11.9 Å². The molecular weight excluding hydrogens is 531 g/mol. The average Bonchev–Trinajstić information content (AvgIpc) is 3.25. The van der Waals surface area contributed by atoms with E-state index < -0.39 is 53.5 Å². The molecule has 1 aliphatic heterocycles. The summed E-state index contributed by atoms with van der Waals surface area (Å²) in [5, 5.41) is 9.68. The predicted octanol–water partition coefficient (Wildman–Crippen LogP) is 7.44. The Bertz CT molecular complexity index is 1120. The Morgan fingerprint density at radius 3 is 2.15 bits per heavy atom. The Labute approximate surface area is 221 Å². The van der Waals surface area contributed by atoms with Gasteiger partial charge < -0.3 is 9.84 Å². The number of nitrogens with zero attached hydrogens (tertiary/aromatic N) is 1. The van der Waals surface area contributed by atoms with Crippen LogP contribution in [0.25, 0.3) is 0 Å². The van der Waals surface area contributed by atoms with Crippen LogP contribution in [0.4, 0.5) is 30.7 Å². The molecule has 0 amide bonds. The van der Waals surface area contributed by atoms with E-state index in [1.54, 1.807) is 12.1 Å². The van der Waals surface area contributed by atoms with E-state index in [-0.39, 0.29) is 23.5 Å². The lowest BCUT2D eigenvalue weighted by atomic mass is 9.86. The number of hydrogen-bond acceptors (Lipinski definition) is 3. The Balaban J connectivity index is 1.62. The van der Waals surface area contributed by atoms with Gasteiger partial charge in [0.25, 0.3) is 0 Å². The number of ether oxygens (including phenoxy) is 1. The van der Waals surface area contributed by atoms with Gasteiger partial charge in [-0.1, -0.05) is 18.6 Å². The van der Waals surface area contributed by atoms with Crippen molar-refractivity contribution in [3.63, 3.8) is 0 Å². The standard InChI is InChI=1S/C28H30F7NO3/c1-16(19-12-20(27(30,31)32)14-21(13-19)28(33,34)35)39-24-10-7-18(25(24)17-5-8-22(29)9-6-17)15-36-11-3-2-4-23(36)26(37)38/h5-6,8-9,12-14,16,18,23-25H,2-4,7,10-11,15H2,1H3,(H,37,38)/t16-,18+,23-,24+,25+/m1/s1. The first-order chi connectivity index (χ1) is 18.2. The maximum Gasteiger partial charge on any atom is 0.416 e. The zero-order chi connectivity index (χ0) is 28.5. The molecule has 214 valence electrons. The van der Waals surface area contributed by atoms with E-state index in [1.165, 1.54) is 19.1 Å². The largest absolute Gasteiger partial charge is 0.480 e. The number of carboxylic acid groups (broad SMARTS) is 1. The lowest BCUT2D eigenvalue weighted by Crippen LogP contribution is -2.47. The molecule has 1 saturated carbocycles. The summed E-state index contributed by atoms with van der Waals surface area (Å²) in [6.45, 7) is 2.46. The number of halogens is 7. The second-order valence-electron chi connectivity index (χ2n) is 10.4. The van der Waals surface area contributed by atoms with Crippen LogP contribution in [0.5, 0.6) is 0 Å². The summed E-state index contributed by atoms with van der Waals surface area (Å²) in [4.78, 5) is 13.7. The third-order valence-electron chi connectivity index (χ3n) is 7.81. The Morgan fingerprint density at radius 1 is 0.974 bits per heavy atom. The van der Waals surface area contributed by atoms with Crippen molar-refractivity contribution < 1.29 is 45.4 Å². The fourth-order valence-electron chi connectivity index (χ4n) is 5.92. The number of aliphatic carboxylic acids is 1. The van der Waals surface area contributed by atoms with Crippen LogP contribution in [0.1, 0.15) is 73.3 Å². The van der Waals surface area contributed by atoms with Crippen LogP contribution in [-0.4, -0.2) is 41.2 Å². The summed E-state index contributed by atoms with van der Waals surface area (Å²) in [5.74, 6) is -1.81. The number of alkyl halides is 6. The van der Waals surface area contributed by atoms with Gasteiger partial charge in [-0.2, -0.15) is 26.3 Å². The normalized spacial score (nSPS) is 25.5. The molecule has 2 aromatic carbocycles. The van der Waals surface area contributed by atoms with Gasteiger partial charge in [-0.15, -0.1) is 0 Å². The van der Waals surface area contributed by atoms with Gasteiger partial charge in [-0.3, -0.25) is 9.69 Å². The van der Waals surface area contributed by atoms with E-state index in [1.807, 2.05) is 4.90 Å². The molecule has 2 aliphatic rings. The van der Waals surface area contributed by atoms with Crippen LogP contribution in [-0.2, 0) is 21.9 Å². The van der Waals surface area contributed by atoms with E-state index in [2.05, 4.69) is 0 Å². The molecule has 11 heteroatoms. The first-order valence-electron chi connectivity index (χ1n) is 12.9. The van der Waals surface area contributed by atoms with Crippen molar-refractivity contribution in [3.8, 4) is 0 Å². The highest BCUT2D eigenvalue weighted by Gasteiger charge is 2.42. The van der Waals surface area contributed by atoms with E-state index in [0.717, 1.165) is 18.4 Å². The Hall–Kier alpha value is -2.66. The SMILES string of the molecule is C[C@@H](O[C@H]1CC[C@@H](CN2CCCC[C@@H]2C(=O)O)[C@@H]1c1ccc(F)cc1)c1cc(C(F)(F)F)cc(C(F)(F)F)c1. The van der Waals surface area contributed by atoms with Crippen molar-refractivity contribution in [3.05, 3.63) is 70.5 Å². The molecule has 4 nitrogen and oxygen atoms in total. The van der Waals surface area contributed by atoms with Gasteiger partial charge in [0.15, 0.2) is 0 Å². The van der Waals surface area contributed by atoms with Crippen LogP contribution in [0.15, 0.2) is 42.5 Å². The van der Waals surface area contributed by atoms with Gasteiger partial charge in [0, 0.05) is 12.5 Å². The van der Waals surface area contributed by atoms with Crippen molar-refractivity contribution in [1.29, 1.82) is 0 Å². The van der Waals surface area contributed by atoms with E-state index in [9.17, 15) is 40.6 Å². The molecule has 4 rings (SSSR count). The molecule has 2 fully saturated rings. The number of piperidine rings is 1. The predicted molar refractivity (Wildman–Crippen MR) is 128 cm³/mol. The molecular formula is C28H30F7NO3. The number of carboxylic acids is 1. The van der Waals surface area contributed by atoms with Gasteiger partial charge >= 0.3 is 18.3 Å². The Kier molecular flexibility index (Phi) is 8.61. The molecule has 0 spiro atoms. The third kappa shape index (κ3) is 6.92. The van der Waals surface area contributed by atoms with Crippen molar-refractivity contribution in [2.75, 3.05) is 13.1 Å². The number of hydrogen-bond donors (Lipinski definition) is 1. The second kappa shape index (κ2) is 11.4.